The van der Waals surface area contributed by atoms with E-state index in [2.05, 4.69) is 118 Å². The van der Waals surface area contributed by atoms with E-state index in [4.69, 9.17) is 0 Å². The molecule has 4 aromatic carbocycles. The smallest absolute Gasteiger partial charge is 1.00 e. The van der Waals surface area contributed by atoms with Gasteiger partial charge in [0.05, 0.1) is 0 Å². The number of rotatable bonds is 6. The van der Waals surface area contributed by atoms with Gasteiger partial charge in [-0.15, -0.1) is 0 Å². The second-order valence-electron chi connectivity index (χ2n) is 18.3. The molecule has 6 rings (SSSR count). The van der Waals surface area contributed by atoms with E-state index in [9.17, 15) is 26.3 Å². The Morgan fingerprint density at radius 2 is 1.00 bits per heavy atom. The molecule has 0 saturated heterocycles. The molecule has 4 aromatic rings. The minimum atomic E-state index is -4.63. The molecular formula is C48H52Cl2F6Zr. The average molecular weight is 905 g/mol. The van der Waals surface area contributed by atoms with E-state index in [0.29, 0.717) is 14.3 Å². The van der Waals surface area contributed by atoms with Crippen LogP contribution in [0.15, 0.2) is 106 Å². The molecule has 0 aromatic heterocycles. The van der Waals surface area contributed by atoms with Gasteiger partial charge in [0.2, 0.25) is 0 Å². The summed E-state index contributed by atoms with van der Waals surface area (Å²) in [5.41, 5.74) is 6.35. The first kappa shape index (κ1) is 47.0. The van der Waals surface area contributed by atoms with Crippen LogP contribution in [0.2, 0.25) is 0 Å². The largest absolute Gasteiger partial charge is 1.00 e. The van der Waals surface area contributed by atoms with Crippen molar-refractivity contribution < 1.29 is 72.4 Å². The van der Waals surface area contributed by atoms with Crippen LogP contribution < -0.4 is 24.8 Å². The summed E-state index contributed by atoms with van der Waals surface area (Å²) in [6, 6.07) is 23.9. The van der Waals surface area contributed by atoms with Crippen LogP contribution in [0.25, 0.3) is 11.1 Å². The monoisotopic (exact) mass is 902 g/mol. The molecule has 1 unspecified atom stereocenters. The number of halogens is 8. The van der Waals surface area contributed by atoms with Gasteiger partial charge in [-0.05, 0) is 0 Å². The molecular weight excluding hydrogens is 853 g/mol. The maximum atomic E-state index is 14.5. The van der Waals surface area contributed by atoms with Crippen LogP contribution in [-0.2, 0) is 44.4 Å². The van der Waals surface area contributed by atoms with Crippen LogP contribution in [0.4, 0.5) is 26.3 Å². The SMILES string of the molecule is CCCC1C=C(C(C)(C)C)C=[C]1[Zr+2](=[C](c1cccc(C(F)(F)F)c1)c1cccc(C(F)(F)F)c1)[CH]1c2cc(C(C)(C)C)ccc2-c2ccc(C(C)(C)C)cc21.[Cl-].[Cl-]. The van der Waals surface area contributed by atoms with Crippen molar-refractivity contribution in [1.82, 2.24) is 0 Å². The van der Waals surface area contributed by atoms with Crippen LogP contribution in [0, 0.1) is 11.3 Å². The van der Waals surface area contributed by atoms with E-state index < -0.39 is 44.7 Å². The molecule has 2 aliphatic rings. The van der Waals surface area contributed by atoms with Crippen molar-refractivity contribution in [1.29, 1.82) is 0 Å². The van der Waals surface area contributed by atoms with Gasteiger partial charge < -0.3 is 24.8 Å². The summed E-state index contributed by atoms with van der Waals surface area (Å²) in [6.45, 7) is 21.7. The van der Waals surface area contributed by atoms with Gasteiger partial charge in [0.1, 0.15) is 0 Å². The Morgan fingerprint density at radius 1 is 0.561 bits per heavy atom. The Labute approximate surface area is 355 Å². The number of allylic oxidation sites excluding steroid dienone is 4. The molecule has 0 nitrogen and oxygen atoms in total. The van der Waals surface area contributed by atoms with E-state index >= 15 is 0 Å². The molecule has 0 aliphatic heterocycles. The van der Waals surface area contributed by atoms with Gasteiger partial charge >= 0.3 is 333 Å². The van der Waals surface area contributed by atoms with Crippen LogP contribution in [0.3, 0.4) is 0 Å². The van der Waals surface area contributed by atoms with E-state index in [1.807, 2.05) is 0 Å². The van der Waals surface area contributed by atoms with Gasteiger partial charge in [0.15, 0.2) is 0 Å². The Morgan fingerprint density at radius 3 is 1.37 bits per heavy atom. The van der Waals surface area contributed by atoms with Crippen LogP contribution in [0.1, 0.15) is 130 Å². The summed E-state index contributed by atoms with van der Waals surface area (Å²) in [6.07, 6.45) is -2.91. The first-order valence-electron chi connectivity index (χ1n) is 19.2. The maximum absolute atomic E-state index is 14.5. The zero-order valence-corrected chi connectivity index (χ0v) is 38.3. The predicted octanol–water partition coefficient (Wildman–Crippen LogP) is 8.57. The van der Waals surface area contributed by atoms with Crippen molar-refractivity contribution in [3.8, 4) is 11.1 Å². The number of alkyl halides is 6. The van der Waals surface area contributed by atoms with Crippen LogP contribution >= 0.6 is 0 Å². The zero-order valence-electron chi connectivity index (χ0n) is 34.3. The molecule has 1 atom stereocenters. The topological polar surface area (TPSA) is 0 Å². The molecule has 0 heterocycles. The molecule has 0 amide bonds. The third kappa shape index (κ3) is 9.68. The summed E-state index contributed by atoms with van der Waals surface area (Å²) < 4.78 is 88.9. The van der Waals surface area contributed by atoms with Crippen molar-refractivity contribution in [3.63, 3.8) is 0 Å². The zero-order chi connectivity index (χ0) is 40.5. The summed E-state index contributed by atoms with van der Waals surface area (Å²) in [5, 5.41) is 0. The summed E-state index contributed by atoms with van der Waals surface area (Å²) in [7, 11) is 0. The molecule has 0 radical (unpaired) electrons. The Bertz CT molecular complexity index is 2100. The Hall–Kier alpha value is -2.73. The minimum Gasteiger partial charge on any atom is -1.00 e. The van der Waals surface area contributed by atoms with Gasteiger partial charge in [-0.1, -0.05) is 0 Å². The van der Waals surface area contributed by atoms with Gasteiger partial charge in [0.25, 0.3) is 0 Å². The van der Waals surface area contributed by atoms with Gasteiger partial charge in [-0.25, -0.2) is 0 Å². The third-order valence-electron chi connectivity index (χ3n) is 11.1. The number of benzene rings is 4. The predicted molar refractivity (Wildman–Crippen MR) is 211 cm³/mol. The first-order valence-corrected chi connectivity index (χ1v) is 23.1. The van der Waals surface area contributed by atoms with Crippen LogP contribution in [-0.4, -0.2) is 3.21 Å². The minimum absolute atomic E-state index is 0. The second-order valence-corrected chi connectivity index (χ2v) is 24.5. The van der Waals surface area contributed by atoms with E-state index in [1.165, 1.54) is 27.5 Å². The van der Waals surface area contributed by atoms with Crippen molar-refractivity contribution in [2.45, 2.75) is 109 Å². The van der Waals surface area contributed by atoms with Crippen molar-refractivity contribution in [2.24, 2.45) is 11.3 Å². The van der Waals surface area contributed by atoms with Gasteiger partial charge in [0, 0.05) is 0 Å². The van der Waals surface area contributed by atoms with Crippen molar-refractivity contribution in [2.75, 3.05) is 0 Å². The van der Waals surface area contributed by atoms with Gasteiger partial charge in [-0.2, -0.15) is 0 Å². The van der Waals surface area contributed by atoms with Crippen molar-refractivity contribution >= 4 is 3.21 Å². The van der Waals surface area contributed by atoms with Crippen molar-refractivity contribution in [3.05, 3.63) is 150 Å². The fourth-order valence-electron chi connectivity index (χ4n) is 8.06. The number of hydrogen-bond donors (Lipinski definition) is 0. The van der Waals surface area contributed by atoms with Gasteiger partial charge in [-0.3, -0.25) is 0 Å². The molecule has 2 aliphatic carbocycles. The number of hydrogen-bond acceptors (Lipinski definition) is 0. The Balaban J connectivity index is 0.00000360. The van der Waals surface area contributed by atoms with E-state index in [1.54, 1.807) is 12.1 Å². The normalized spacial score (nSPS) is 15.7. The molecule has 0 saturated carbocycles. The number of fused-ring (bicyclic) bond motifs is 3. The molecule has 0 spiro atoms. The standard InChI is InChI=1S/C21H25.C15H8F6.C12H19.2ClH.Zr/c1-20(2,3)16-7-9-18-14(12-16)11-15-13-17(21(4,5)6)8-10-19(15)18;16-14(17,18)12-5-1-3-10(8-12)7-11-4-2-6-13(9-11)15(19,20)21;1-5-6-10-7-8-11(9-10)12(2,3)4;;;/h7-13H,1-6H3;1-6,8-9H;8-10H,5-6H2,1-4H3;2*1H;/q;;;;;+2/p-2. The van der Waals surface area contributed by atoms with E-state index in [0.717, 1.165) is 63.9 Å². The third-order valence-corrected chi connectivity index (χ3v) is 19.6. The fourth-order valence-corrected chi connectivity index (χ4v) is 17.6. The molecule has 0 bridgehead atoms. The molecule has 9 heteroatoms. The molecule has 0 N–H and O–H groups in total. The fraction of sp³-hybridized carbons (Fsp3) is 0.396. The maximum Gasteiger partial charge on any atom is -1.00 e. The molecule has 57 heavy (non-hydrogen) atoms. The van der Waals surface area contributed by atoms with E-state index in [-0.39, 0.29) is 50.6 Å². The molecule has 0 fully saturated rings. The second kappa shape index (κ2) is 16.7. The summed E-state index contributed by atoms with van der Waals surface area (Å²) >= 11 is -3.83. The Kier molecular flexibility index (Phi) is 13.8. The first-order chi connectivity index (χ1) is 25.4. The molecule has 304 valence electrons. The summed E-state index contributed by atoms with van der Waals surface area (Å²) in [4.78, 5) is 0. The summed E-state index contributed by atoms with van der Waals surface area (Å²) in [5.74, 6) is 0.0179. The van der Waals surface area contributed by atoms with Crippen LogP contribution in [0.5, 0.6) is 0 Å². The average Bonchev–Trinajstić information content (AvgIpc) is 3.65. The quantitative estimate of drug-likeness (QED) is 0.170.